The van der Waals surface area contributed by atoms with E-state index in [1.165, 1.54) is 11.1 Å². The van der Waals surface area contributed by atoms with Gasteiger partial charge in [-0.2, -0.15) is 0 Å². The van der Waals surface area contributed by atoms with Crippen molar-refractivity contribution in [3.63, 3.8) is 0 Å². The monoisotopic (exact) mass is 463 g/mol. The van der Waals surface area contributed by atoms with Gasteiger partial charge in [-0.25, -0.2) is 0 Å². The Bertz CT molecular complexity index is 1270. The van der Waals surface area contributed by atoms with Gasteiger partial charge in [0.2, 0.25) is 0 Å². The van der Waals surface area contributed by atoms with Crippen molar-refractivity contribution in [1.82, 2.24) is 0 Å². The molecule has 0 saturated carbocycles. The molecule has 0 bridgehead atoms. The number of hydrogen-bond donors (Lipinski definition) is 1. The van der Waals surface area contributed by atoms with Crippen molar-refractivity contribution in [2.75, 3.05) is 12.4 Å². The van der Waals surface area contributed by atoms with Crippen molar-refractivity contribution in [3.05, 3.63) is 102 Å². The number of benzene rings is 4. The Balaban J connectivity index is 1.74. The second kappa shape index (κ2) is 9.62. The first-order chi connectivity index (χ1) is 16.6. The molecule has 0 saturated heterocycles. The predicted molar refractivity (Wildman–Crippen MR) is 151 cm³/mol. The van der Waals surface area contributed by atoms with Crippen LogP contribution in [0, 0.1) is 0 Å². The molecule has 0 fully saturated rings. The van der Waals surface area contributed by atoms with Crippen LogP contribution in [0.1, 0.15) is 52.7 Å². The summed E-state index contributed by atoms with van der Waals surface area (Å²) in [4.78, 5) is 0. The van der Waals surface area contributed by atoms with Crippen LogP contribution in [0.3, 0.4) is 0 Å². The Hall–Kier alpha value is -3.52. The van der Waals surface area contributed by atoms with E-state index < -0.39 is 0 Å². The second-order valence-corrected chi connectivity index (χ2v) is 11.3. The number of nitrogens with one attached hydrogen (secondary N) is 1. The fourth-order valence-electron chi connectivity index (χ4n) is 4.33. The summed E-state index contributed by atoms with van der Waals surface area (Å²) in [7, 11) is 1.75. The minimum atomic E-state index is 0.0742. The van der Waals surface area contributed by atoms with Crippen LogP contribution in [0.5, 0.6) is 5.75 Å². The maximum absolute atomic E-state index is 5.93. The predicted octanol–water partition coefficient (Wildman–Crippen LogP) is 9.37. The van der Waals surface area contributed by atoms with Gasteiger partial charge >= 0.3 is 0 Å². The Morgan fingerprint density at radius 2 is 1.09 bits per heavy atom. The van der Waals surface area contributed by atoms with E-state index >= 15 is 0 Å². The third-order valence-electron chi connectivity index (χ3n) is 6.43. The lowest BCUT2D eigenvalue weighted by atomic mass is 9.80. The highest BCUT2D eigenvalue weighted by Crippen LogP contribution is 2.40. The molecule has 35 heavy (non-hydrogen) atoms. The first-order valence-corrected chi connectivity index (χ1v) is 12.3. The molecule has 2 heteroatoms. The molecule has 0 aliphatic heterocycles. The van der Waals surface area contributed by atoms with E-state index in [2.05, 4.69) is 132 Å². The van der Waals surface area contributed by atoms with E-state index in [9.17, 15) is 0 Å². The molecule has 4 aromatic carbocycles. The summed E-state index contributed by atoms with van der Waals surface area (Å²) >= 11 is 0. The van der Waals surface area contributed by atoms with E-state index in [0.717, 1.165) is 39.4 Å². The Morgan fingerprint density at radius 3 is 1.66 bits per heavy atom. The topological polar surface area (TPSA) is 21.3 Å². The van der Waals surface area contributed by atoms with Gasteiger partial charge in [-0.15, -0.1) is 0 Å². The SMILES string of the molecule is COc1c(-c2ccccc2)cccc1-c1cccc(Nc2cc(C(C)(C)C)cc(C(C)(C)C)c2)c1. The normalized spacial score (nSPS) is 11.9. The molecule has 0 heterocycles. The van der Waals surface area contributed by atoms with Crippen LogP contribution in [0.15, 0.2) is 91.0 Å². The molecular weight excluding hydrogens is 426 g/mol. The average molecular weight is 464 g/mol. The number of ether oxygens (including phenoxy) is 1. The number of rotatable bonds is 5. The Kier molecular flexibility index (Phi) is 6.76. The van der Waals surface area contributed by atoms with Crippen molar-refractivity contribution in [1.29, 1.82) is 0 Å². The quantitative estimate of drug-likeness (QED) is 0.318. The summed E-state index contributed by atoms with van der Waals surface area (Å²) in [6, 6.07) is 32.2. The van der Waals surface area contributed by atoms with Crippen molar-refractivity contribution < 1.29 is 4.74 Å². The summed E-state index contributed by atoms with van der Waals surface area (Å²) in [6.07, 6.45) is 0. The molecule has 0 atom stereocenters. The van der Waals surface area contributed by atoms with Gasteiger partial charge in [0.1, 0.15) is 5.75 Å². The molecule has 0 amide bonds. The summed E-state index contributed by atoms with van der Waals surface area (Å²) in [6.45, 7) is 13.6. The van der Waals surface area contributed by atoms with Gasteiger partial charge in [-0.3, -0.25) is 0 Å². The van der Waals surface area contributed by atoms with Gasteiger partial charge in [0.25, 0.3) is 0 Å². The summed E-state index contributed by atoms with van der Waals surface area (Å²) in [5, 5.41) is 3.68. The first kappa shape index (κ1) is 24.6. The van der Waals surface area contributed by atoms with Crippen molar-refractivity contribution >= 4 is 11.4 Å². The lowest BCUT2D eigenvalue weighted by Gasteiger charge is -2.26. The molecule has 0 unspecified atom stereocenters. The van der Waals surface area contributed by atoms with E-state index in [0.29, 0.717) is 0 Å². The number of methoxy groups -OCH3 is 1. The summed E-state index contributed by atoms with van der Waals surface area (Å²) < 4.78 is 5.93. The average Bonchev–Trinajstić information content (AvgIpc) is 2.83. The third-order valence-corrected chi connectivity index (χ3v) is 6.43. The fourth-order valence-corrected chi connectivity index (χ4v) is 4.33. The van der Waals surface area contributed by atoms with E-state index in [1.54, 1.807) is 7.11 Å². The highest BCUT2D eigenvalue weighted by molar-refractivity contribution is 5.83. The molecule has 4 rings (SSSR count). The molecule has 0 spiro atoms. The minimum Gasteiger partial charge on any atom is -0.495 e. The number of para-hydroxylation sites is 1. The lowest BCUT2D eigenvalue weighted by molar-refractivity contribution is 0.418. The zero-order chi connectivity index (χ0) is 25.2. The van der Waals surface area contributed by atoms with Gasteiger partial charge in [0, 0.05) is 22.5 Å². The molecule has 180 valence electrons. The zero-order valence-corrected chi connectivity index (χ0v) is 22.1. The van der Waals surface area contributed by atoms with Crippen molar-refractivity contribution in [2.45, 2.75) is 52.4 Å². The summed E-state index contributed by atoms with van der Waals surface area (Å²) in [5.41, 5.74) is 9.43. The van der Waals surface area contributed by atoms with Crippen LogP contribution in [0.25, 0.3) is 22.3 Å². The Labute approximate surface area is 211 Å². The van der Waals surface area contributed by atoms with Gasteiger partial charge < -0.3 is 10.1 Å². The molecule has 0 aliphatic carbocycles. The van der Waals surface area contributed by atoms with Crippen LogP contribution in [-0.4, -0.2) is 7.11 Å². The third kappa shape index (κ3) is 5.59. The maximum atomic E-state index is 5.93. The highest BCUT2D eigenvalue weighted by atomic mass is 16.5. The molecule has 0 aliphatic rings. The molecule has 1 N–H and O–H groups in total. The molecule has 0 radical (unpaired) electrons. The number of hydrogen-bond acceptors (Lipinski definition) is 2. The van der Waals surface area contributed by atoms with Gasteiger partial charge in [0.15, 0.2) is 0 Å². The van der Waals surface area contributed by atoms with Crippen LogP contribution in [0.2, 0.25) is 0 Å². The van der Waals surface area contributed by atoms with Crippen LogP contribution < -0.4 is 10.1 Å². The summed E-state index contributed by atoms with van der Waals surface area (Å²) in [5.74, 6) is 0.889. The fraction of sp³-hybridized carbons (Fsp3) is 0.273. The number of anilines is 2. The van der Waals surface area contributed by atoms with E-state index in [-0.39, 0.29) is 10.8 Å². The maximum Gasteiger partial charge on any atom is 0.134 e. The molecule has 2 nitrogen and oxygen atoms in total. The van der Waals surface area contributed by atoms with Crippen molar-refractivity contribution in [2.24, 2.45) is 0 Å². The van der Waals surface area contributed by atoms with E-state index in [1.807, 2.05) is 6.07 Å². The minimum absolute atomic E-state index is 0.0742. The van der Waals surface area contributed by atoms with Crippen LogP contribution in [0.4, 0.5) is 11.4 Å². The Morgan fingerprint density at radius 1 is 0.543 bits per heavy atom. The largest absolute Gasteiger partial charge is 0.495 e. The van der Waals surface area contributed by atoms with E-state index in [4.69, 9.17) is 4.74 Å². The van der Waals surface area contributed by atoms with Gasteiger partial charge in [0.05, 0.1) is 7.11 Å². The standard InChI is InChI=1S/C33H37NO/c1-32(2,3)25-20-26(33(4,5)6)22-28(21-25)34-27-16-11-15-24(19-27)30-18-12-17-29(31(30)35-7)23-13-9-8-10-14-23/h8-22,34H,1-7H3. The highest BCUT2D eigenvalue weighted by Gasteiger charge is 2.21. The van der Waals surface area contributed by atoms with Crippen molar-refractivity contribution in [3.8, 4) is 28.0 Å². The van der Waals surface area contributed by atoms with Crippen LogP contribution in [-0.2, 0) is 10.8 Å². The van der Waals surface area contributed by atoms with Gasteiger partial charge in [-0.05, 0) is 57.3 Å². The molecule has 0 aromatic heterocycles. The first-order valence-electron chi connectivity index (χ1n) is 12.3. The lowest BCUT2D eigenvalue weighted by Crippen LogP contribution is -2.16. The van der Waals surface area contributed by atoms with Gasteiger partial charge in [-0.1, -0.05) is 108 Å². The zero-order valence-electron chi connectivity index (χ0n) is 22.1. The second-order valence-electron chi connectivity index (χ2n) is 11.3. The smallest absolute Gasteiger partial charge is 0.134 e. The molecular formula is C33H37NO. The molecule has 4 aromatic rings. The van der Waals surface area contributed by atoms with Crippen LogP contribution >= 0.6 is 0 Å².